The second-order valence-corrected chi connectivity index (χ2v) is 9.38. The molecule has 0 bridgehead atoms. The Labute approximate surface area is 220 Å². The number of rotatable bonds is 10. The summed E-state index contributed by atoms with van der Waals surface area (Å²) in [5.41, 5.74) is 1.92. The molecule has 0 saturated carbocycles. The molecule has 0 N–H and O–H groups in total. The SMILES string of the molecule is CCN(CC)CCCOc1ccc(C(=O)c2c(-c3c(Cl)cc(Cl)cc3Cl)oc3ccccc23)cc1. The lowest BCUT2D eigenvalue weighted by atomic mass is 9.97. The fourth-order valence-corrected chi connectivity index (χ4v) is 5.06. The van der Waals surface area contributed by atoms with Gasteiger partial charge < -0.3 is 14.1 Å². The van der Waals surface area contributed by atoms with Crippen molar-refractivity contribution in [3.63, 3.8) is 0 Å². The third-order valence-electron chi connectivity index (χ3n) is 5.95. The standard InChI is InChI=1S/C28H26Cl3NO3/c1-3-32(4-2)14-7-15-34-20-12-10-18(11-13-20)27(33)25-21-8-5-6-9-24(21)35-28(25)26-22(30)16-19(29)17-23(26)31/h5-6,8-13,16-17H,3-4,7,14-15H2,1-2H3. The third kappa shape index (κ3) is 5.68. The topological polar surface area (TPSA) is 42.7 Å². The van der Waals surface area contributed by atoms with Gasteiger partial charge in [0.05, 0.1) is 27.8 Å². The van der Waals surface area contributed by atoms with E-state index >= 15 is 0 Å². The van der Waals surface area contributed by atoms with E-state index in [-0.39, 0.29) is 5.78 Å². The molecule has 4 aromatic rings. The molecule has 0 spiro atoms. The van der Waals surface area contributed by atoms with E-state index in [1.165, 1.54) is 0 Å². The van der Waals surface area contributed by atoms with E-state index in [0.717, 1.165) is 31.8 Å². The lowest BCUT2D eigenvalue weighted by molar-refractivity contribution is 0.104. The molecule has 0 saturated heterocycles. The summed E-state index contributed by atoms with van der Waals surface area (Å²) in [4.78, 5) is 16.1. The van der Waals surface area contributed by atoms with Crippen molar-refractivity contribution in [2.45, 2.75) is 20.3 Å². The number of furan rings is 1. The van der Waals surface area contributed by atoms with Gasteiger partial charge in [0, 0.05) is 22.5 Å². The Kier molecular flexibility index (Phi) is 8.40. The van der Waals surface area contributed by atoms with Gasteiger partial charge in [-0.1, -0.05) is 66.8 Å². The fourth-order valence-electron chi connectivity index (χ4n) is 4.07. The molecule has 0 aliphatic heterocycles. The largest absolute Gasteiger partial charge is 0.494 e. The van der Waals surface area contributed by atoms with Crippen LogP contribution in [0.15, 0.2) is 65.1 Å². The fraction of sp³-hybridized carbons (Fsp3) is 0.250. The predicted octanol–water partition coefficient (Wildman–Crippen LogP) is 8.40. The van der Waals surface area contributed by atoms with E-state index in [1.807, 2.05) is 36.4 Å². The maximum atomic E-state index is 13.7. The van der Waals surface area contributed by atoms with Gasteiger partial charge in [-0.15, -0.1) is 0 Å². The average Bonchev–Trinajstić information content (AvgIpc) is 3.22. The average molecular weight is 531 g/mol. The third-order valence-corrected chi connectivity index (χ3v) is 6.77. The van der Waals surface area contributed by atoms with Crippen LogP contribution in [0.2, 0.25) is 15.1 Å². The molecule has 0 radical (unpaired) electrons. The number of para-hydroxylation sites is 1. The Morgan fingerprint density at radius 2 is 1.60 bits per heavy atom. The van der Waals surface area contributed by atoms with Gasteiger partial charge in [0.15, 0.2) is 5.78 Å². The molecule has 0 aliphatic rings. The molecule has 4 rings (SSSR count). The van der Waals surface area contributed by atoms with Crippen LogP contribution in [0.3, 0.4) is 0 Å². The van der Waals surface area contributed by atoms with Gasteiger partial charge in [0.25, 0.3) is 0 Å². The first kappa shape index (κ1) is 25.6. The Morgan fingerprint density at radius 1 is 0.943 bits per heavy atom. The zero-order valence-electron chi connectivity index (χ0n) is 19.6. The molecule has 1 aromatic heterocycles. The van der Waals surface area contributed by atoms with E-state index < -0.39 is 0 Å². The van der Waals surface area contributed by atoms with Crippen LogP contribution in [0.4, 0.5) is 0 Å². The molecule has 0 atom stereocenters. The summed E-state index contributed by atoms with van der Waals surface area (Å²) >= 11 is 19.1. The smallest absolute Gasteiger partial charge is 0.197 e. The van der Waals surface area contributed by atoms with Crippen molar-refractivity contribution in [1.82, 2.24) is 4.90 Å². The van der Waals surface area contributed by atoms with Crippen molar-refractivity contribution >= 4 is 51.6 Å². The number of fused-ring (bicyclic) bond motifs is 1. The number of ketones is 1. The minimum atomic E-state index is -0.194. The van der Waals surface area contributed by atoms with Crippen LogP contribution in [0, 0.1) is 0 Å². The number of hydrogen-bond acceptors (Lipinski definition) is 4. The summed E-state index contributed by atoms with van der Waals surface area (Å²) < 4.78 is 12.0. The van der Waals surface area contributed by atoms with Crippen LogP contribution in [0.1, 0.15) is 36.2 Å². The van der Waals surface area contributed by atoms with Crippen molar-refractivity contribution in [3.8, 4) is 17.1 Å². The zero-order chi connectivity index (χ0) is 24.9. The molecule has 35 heavy (non-hydrogen) atoms. The summed E-state index contributed by atoms with van der Waals surface area (Å²) in [7, 11) is 0. The van der Waals surface area contributed by atoms with Crippen LogP contribution in [-0.2, 0) is 0 Å². The quantitative estimate of drug-likeness (QED) is 0.152. The number of nitrogens with zero attached hydrogens (tertiary/aromatic N) is 1. The molecule has 0 amide bonds. The summed E-state index contributed by atoms with van der Waals surface area (Å²) in [6.07, 6.45) is 0.940. The lowest BCUT2D eigenvalue weighted by Gasteiger charge is -2.17. The minimum absolute atomic E-state index is 0.194. The highest BCUT2D eigenvalue weighted by Gasteiger charge is 2.26. The van der Waals surface area contributed by atoms with E-state index in [2.05, 4.69) is 18.7 Å². The van der Waals surface area contributed by atoms with Gasteiger partial charge >= 0.3 is 0 Å². The molecule has 1 heterocycles. The first-order valence-corrected chi connectivity index (χ1v) is 12.7. The van der Waals surface area contributed by atoms with Gasteiger partial charge in [-0.2, -0.15) is 0 Å². The number of carbonyl (C=O) groups excluding carboxylic acids is 1. The number of benzene rings is 3. The molecule has 7 heteroatoms. The van der Waals surface area contributed by atoms with Gasteiger partial charge in [-0.05, 0) is 62.0 Å². The van der Waals surface area contributed by atoms with E-state index in [0.29, 0.717) is 55.1 Å². The monoisotopic (exact) mass is 529 g/mol. The van der Waals surface area contributed by atoms with Gasteiger partial charge in [0.2, 0.25) is 0 Å². The van der Waals surface area contributed by atoms with E-state index in [9.17, 15) is 4.79 Å². The van der Waals surface area contributed by atoms with Crippen molar-refractivity contribution < 1.29 is 13.9 Å². The van der Waals surface area contributed by atoms with E-state index in [4.69, 9.17) is 44.0 Å². The number of halogens is 3. The molecular weight excluding hydrogens is 505 g/mol. The van der Waals surface area contributed by atoms with Crippen molar-refractivity contribution in [2.24, 2.45) is 0 Å². The molecule has 0 aliphatic carbocycles. The number of carbonyl (C=O) groups is 1. The second-order valence-electron chi connectivity index (χ2n) is 8.13. The zero-order valence-corrected chi connectivity index (χ0v) is 21.9. The van der Waals surface area contributed by atoms with E-state index in [1.54, 1.807) is 24.3 Å². The van der Waals surface area contributed by atoms with Crippen LogP contribution < -0.4 is 4.74 Å². The summed E-state index contributed by atoms with van der Waals surface area (Å²) in [6, 6.07) is 17.7. The highest BCUT2D eigenvalue weighted by molar-refractivity contribution is 6.42. The molecule has 3 aromatic carbocycles. The normalized spacial score (nSPS) is 11.4. The van der Waals surface area contributed by atoms with Crippen LogP contribution >= 0.6 is 34.8 Å². The Morgan fingerprint density at radius 3 is 2.26 bits per heavy atom. The highest BCUT2D eigenvalue weighted by atomic mass is 35.5. The second kappa shape index (κ2) is 11.5. The summed E-state index contributed by atoms with van der Waals surface area (Å²) in [6.45, 7) is 7.99. The summed E-state index contributed by atoms with van der Waals surface area (Å²) in [5, 5.41) is 1.71. The summed E-state index contributed by atoms with van der Waals surface area (Å²) in [5.74, 6) is 0.849. The van der Waals surface area contributed by atoms with Crippen LogP contribution in [0.5, 0.6) is 5.75 Å². The molecule has 182 valence electrons. The minimum Gasteiger partial charge on any atom is -0.494 e. The first-order chi connectivity index (χ1) is 16.9. The first-order valence-electron chi connectivity index (χ1n) is 11.6. The van der Waals surface area contributed by atoms with Crippen molar-refractivity contribution in [2.75, 3.05) is 26.2 Å². The number of ether oxygens (including phenoxy) is 1. The lowest BCUT2D eigenvalue weighted by Crippen LogP contribution is -2.25. The molecule has 0 unspecified atom stereocenters. The highest BCUT2D eigenvalue weighted by Crippen LogP contribution is 2.43. The van der Waals surface area contributed by atoms with Crippen LogP contribution in [0.25, 0.3) is 22.3 Å². The van der Waals surface area contributed by atoms with Gasteiger partial charge in [-0.3, -0.25) is 4.79 Å². The Bertz CT molecular complexity index is 1300. The predicted molar refractivity (Wildman–Crippen MR) is 144 cm³/mol. The maximum Gasteiger partial charge on any atom is 0.197 e. The molecule has 4 nitrogen and oxygen atoms in total. The number of hydrogen-bond donors (Lipinski definition) is 0. The van der Waals surface area contributed by atoms with Crippen LogP contribution in [-0.4, -0.2) is 36.9 Å². The molecular formula is C28H26Cl3NO3. The Balaban J connectivity index is 1.62. The van der Waals surface area contributed by atoms with Crippen molar-refractivity contribution in [1.29, 1.82) is 0 Å². The maximum absolute atomic E-state index is 13.7. The van der Waals surface area contributed by atoms with Gasteiger partial charge in [-0.25, -0.2) is 0 Å². The van der Waals surface area contributed by atoms with Gasteiger partial charge in [0.1, 0.15) is 17.1 Å². The van der Waals surface area contributed by atoms with Crippen molar-refractivity contribution in [3.05, 3.63) is 86.9 Å². The Hall–Kier alpha value is -2.50. The molecule has 0 fully saturated rings.